The van der Waals surface area contributed by atoms with Gasteiger partial charge in [0.2, 0.25) is 5.88 Å². The summed E-state index contributed by atoms with van der Waals surface area (Å²) in [5.74, 6) is 0.0904. The van der Waals surface area contributed by atoms with Crippen LogP contribution in [0.25, 0.3) is 11.0 Å². The van der Waals surface area contributed by atoms with Gasteiger partial charge in [-0.2, -0.15) is 5.10 Å². The van der Waals surface area contributed by atoms with Crippen LogP contribution in [0.5, 0.6) is 5.88 Å². The zero-order chi connectivity index (χ0) is 28.8. The van der Waals surface area contributed by atoms with Gasteiger partial charge in [0.05, 0.1) is 13.2 Å². The Balaban J connectivity index is 1.51. The van der Waals surface area contributed by atoms with Gasteiger partial charge < -0.3 is 9.47 Å². The van der Waals surface area contributed by atoms with E-state index in [4.69, 9.17) is 9.47 Å². The molecule has 2 rings (SSSR count). The third-order valence-electron chi connectivity index (χ3n) is 7.16. The molecule has 0 unspecified atom stereocenters. The first kappa shape index (κ1) is 34.1. The molecule has 40 heavy (non-hydrogen) atoms. The number of unbranched alkanes of at least 4 members (excludes halogenated alkanes) is 16. The molecule has 2 heterocycles. The second-order valence-corrected chi connectivity index (χ2v) is 11.4. The van der Waals surface area contributed by atoms with Crippen molar-refractivity contribution < 1.29 is 14.3 Å². The second-order valence-electron chi connectivity index (χ2n) is 10.6. The number of carbonyl (C=O) groups is 1. The number of fused-ring (bicyclic) bond motifs is 1. The van der Waals surface area contributed by atoms with Crippen molar-refractivity contribution in [1.82, 2.24) is 19.7 Å². The van der Waals surface area contributed by atoms with E-state index >= 15 is 0 Å². The third kappa shape index (κ3) is 13.0. The molecule has 0 atom stereocenters. The Morgan fingerprint density at radius 3 is 1.88 bits per heavy atom. The molecule has 0 radical (unpaired) electrons. The van der Waals surface area contributed by atoms with Crippen molar-refractivity contribution >= 4 is 28.8 Å². The van der Waals surface area contributed by atoms with Crippen LogP contribution in [-0.2, 0) is 11.8 Å². The van der Waals surface area contributed by atoms with E-state index in [-0.39, 0.29) is 12.3 Å². The fourth-order valence-corrected chi connectivity index (χ4v) is 5.21. The Bertz CT molecular complexity index is 992. The summed E-state index contributed by atoms with van der Waals surface area (Å²) in [6, 6.07) is 0. The molecule has 0 aliphatic heterocycles. The van der Waals surface area contributed by atoms with Gasteiger partial charge in [-0.3, -0.25) is 0 Å². The van der Waals surface area contributed by atoms with Crippen LogP contribution in [0.1, 0.15) is 140 Å². The highest BCUT2D eigenvalue weighted by Gasteiger charge is 2.23. The molecular weight excluding hydrogens is 520 g/mol. The molecule has 0 spiro atoms. The second kappa shape index (κ2) is 21.6. The van der Waals surface area contributed by atoms with E-state index in [0.717, 1.165) is 12.8 Å². The number of rotatable bonds is 24. The summed E-state index contributed by atoms with van der Waals surface area (Å²) in [5, 5.41) is 4.95. The van der Waals surface area contributed by atoms with Crippen LogP contribution in [0, 0.1) is 0 Å². The molecule has 0 saturated carbocycles. The molecule has 2 aromatic heterocycles. The molecule has 8 heteroatoms. The minimum atomic E-state index is -0.485. The fraction of sp³-hybridized carbons (Fsp3) is 0.750. The molecule has 2 aromatic rings. The van der Waals surface area contributed by atoms with Crippen molar-refractivity contribution in [3.8, 4) is 5.88 Å². The van der Waals surface area contributed by atoms with Crippen LogP contribution in [-0.4, -0.2) is 45.2 Å². The molecule has 0 fully saturated rings. The predicted octanol–water partition coefficient (Wildman–Crippen LogP) is 9.24. The lowest BCUT2D eigenvalue weighted by Crippen LogP contribution is -2.09. The lowest BCUT2D eigenvalue weighted by molar-refractivity contribution is 0.0520. The third-order valence-corrected chi connectivity index (χ3v) is 7.70. The first-order chi connectivity index (χ1) is 19.6. The molecule has 0 saturated heterocycles. The quantitative estimate of drug-likeness (QED) is 0.0406. The average Bonchev–Trinajstić information content (AvgIpc) is 3.27. The summed E-state index contributed by atoms with van der Waals surface area (Å²) in [5.41, 5.74) is 1.18. The highest BCUT2D eigenvalue weighted by molar-refractivity contribution is 7.98. The first-order valence-corrected chi connectivity index (χ1v) is 17.1. The number of aryl methyl sites for hydroxylation is 1. The standard InChI is InChI=1S/C32H54N4O3S/c1-5-7-8-9-10-11-12-13-14-15-16-17-18-19-20-21-22-23-24-25-26-39-30-28-27(35-36(30)3)29(31(37)38-6-2)34-32(33-28)40-4/h13-14H,5-12,15-26H2,1-4H3. The first-order valence-electron chi connectivity index (χ1n) is 15.9. The van der Waals surface area contributed by atoms with Crippen molar-refractivity contribution in [2.75, 3.05) is 19.5 Å². The van der Waals surface area contributed by atoms with Crippen molar-refractivity contribution in [1.29, 1.82) is 0 Å². The Morgan fingerprint density at radius 2 is 1.32 bits per heavy atom. The highest BCUT2D eigenvalue weighted by Crippen LogP contribution is 2.28. The van der Waals surface area contributed by atoms with Crippen LogP contribution >= 0.6 is 11.8 Å². The number of allylic oxidation sites excluding steroid dienone is 2. The zero-order valence-electron chi connectivity index (χ0n) is 25.7. The van der Waals surface area contributed by atoms with Gasteiger partial charge in [0.15, 0.2) is 16.4 Å². The number of carbonyl (C=O) groups excluding carboxylic acids is 1. The molecule has 226 valence electrons. The van der Waals surface area contributed by atoms with Gasteiger partial charge in [-0.25, -0.2) is 19.4 Å². The minimum Gasteiger partial charge on any atom is -0.476 e. The topological polar surface area (TPSA) is 79.1 Å². The number of ether oxygens (including phenoxy) is 2. The van der Waals surface area contributed by atoms with Crippen LogP contribution < -0.4 is 4.74 Å². The van der Waals surface area contributed by atoms with Crippen molar-refractivity contribution in [2.24, 2.45) is 7.05 Å². The van der Waals surface area contributed by atoms with Crippen LogP contribution in [0.15, 0.2) is 17.3 Å². The smallest absolute Gasteiger partial charge is 0.359 e. The van der Waals surface area contributed by atoms with E-state index < -0.39 is 5.97 Å². The number of hydrogen-bond acceptors (Lipinski definition) is 7. The number of aromatic nitrogens is 4. The van der Waals surface area contributed by atoms with E-state index in [1.54, 1.807) is 18.7 Å². The normalized spacial score (nSPS) is 11.6. The van der Waals surface area contributed by atoms with Crippen LogP contribution in [0.4, 0.5) is 0 Å². The predicted molar refractivity (Wildman–Crippen MR) is 167 cm³/mol. The molecule has 0 N–H and O–H groups in total. The Hall–Kier alpha value is -2.09. The van der Waals surface area contributed by atoms with E-state index in [0.29, 0.717) is 28.7 Å². The van der Waals surface area contributed by atoms with E-state index in [9.17, 15) is 4.79 Å². The summed E-state index contributed by atoms with van der Waals surface area (Å²) in [4.78, 5) is 21.3. The van der Waals surface area contributed by atoms with E-state index in [1.165, 1.54) is 114 Å². The molecule has 0 aromatic carbocycles. The van der Waals surface area contributed by atoms with Gasteiger partial charge in [0.1, 0.15) is 5.52 Å². The maximum Gasteiger partial charge on any atom is 0.359 e. The maximum atomic E-state index is 12.4. The summed E-state index contributed by atoms with van der Waals surface area (Å²) in [7, 11) is 1.80. The van der Waals surface area contributed by atoms with Gasteiger partial charge in [0.25, 0.3) is 0 Å². The SMILES string of the molecule is CCCCCCCCC=CCCCCCCCCCCCCOc1c2nc(SC)nc(C(=O)OCC)c2nn1C. The Morgan fingerprint density at radius 1 is 0.775 bits per heavy atom. The number of esters is 1. The fourth-order valence-electron chi connectivity index (χ4n) is 4.85. The van der Waals surface area contributed by atoms with Gasteiger partial charge in [0, 0.05) is 7.05 Å². The van der Waals surface area contributed by atoms with Crippen molar-refractivity contribution in [3.05, 3.63) is 17.8 Å². The van der Waals surface area contributed by atoms with Crippen LogP contribution in [0.3, 0.4) is 0 Å². The summed E-state index contributed by atoms with van der Waals surface area (Å²) < 4.78 is 12.9. The minimum absolute atomic E-state index is 0.192. The van der Waals surface area contributed by atoms with Crippen molar-refractivity contribution in [3.63, 3.8) is 0 Å². The zero-order valence-corrected chi connectivity index (χ0v) is 26.5. The number of thioether (sulfide) groups is 1. The Labute approximate surface area is 247 Å². The lowest BCUT2D eigenvalue weighted by atomic mass is 10.1. The van der Waals surface area contributed by atoms with Crippen LogP contribution in [0.2, 0.25) is 0 Å². The van der Waals surface area contributed by atoms with Gasteiger partial charge >= 0.3 is 5.97 Å². The molecular formula is C32H54N4O3S. The number of nitrogens with zero attached hydrogens (tertiary/aromatic N) is 4. The van der Waals surface area contributed by atoms with E-state index in [2.05, 4.69) is 34.1 Å². The van der Waals surface area contributed by atoms with Gasteiger partial charge in [-0.15, -0.1) is 0 Å². The summed E-state index contributed by atoms with van der Waals surface area (Å²) >= 11 is 1.38. The molecule has 0 bridgehead atoms. The average molecular weight is 575 g/mol. The molecule has 0 amide bonds. The molecule has 0 aliphatic carbocycles. The molecule has 0 aliphatic rings. The summed E-state index contributed by atoms with van der Waals surface area (Å²) in [6.45, 7) is 4.94. The van der Waals surface area contributed by atoms with Crippen molar-refractivity contribution in [2.45, 2.75) is 135 Å². The maximum absolute atomic E-state index is 12.4. The molecule has 7 nitrogen and oxygen atoms in total. The monoisotopic (exact) mass is 574 g/mol. The number of hydrogen-bond donors (Lipinski definition) is 0. The summed E-state index contributed by atoms with van der Waals surface area (Å²) in [6.07, 6.45) is 30.3. The van der Waals surface area contributed by atoms with Gasteiger partial charge in [-0.05, 0) is 45.3 Å². The van der Waals surface area contributed by atoms with E-state index in [1.807, 2.05) is 6.26 Å². The Kier molecular flexibility index (Phi) is 18.4. The van der Waals surface area contributed by atoms with Gasteiger partial charge in [-0.1, -0.05) is 114 Å². The highest BCUT2D eigenvalue weighted by atomic mass is 32.2. The largest absolute Gasteiger partial charge is 0.476 e. The lowest BCUT2D eigenvalue weighted by Gasteiger charge is -2.07.